The summed E-state index contributed by atoms with van der Waals surface area (Å²) in [5.41, 5.74) is 6.52. The van der Waals surface area contributed by atoms with Gasteiger partial charge in [0.15, 0.2) is 0 Å². The second-order valence-electron chi connectivity index (χ2n) is 9.07. The van der Waals surface area contributed by atoms with Gasteiger partial charge in [0, 0.05) is 36.7 Å². The number of amides is 3. The number of nitrogens with one attached hydrogen (secondary N) is 1. The minimum Gasteiger partial charge on any atom is -0.366 e. The fourth-order valence-corrected chi connectivity index (χ4v) is 4.07. The lowest BCUT2D eigenvalue weighted by atomic mass is 9.69. The smallest absolute Gasteiger partial charge is 0.248 e. The predicted molar refractivity (Wildman–Crippen MR) is 115 cm³/mol. The number of carbonyl (C=O) groups excluding carboxylic acids is 3. The summed E-state index contributed by atoms with van der Waals surface area (Å²) in [6.07, 6.45) is 4.32. The normalized spacial score (nSPS) is 19.4. The van der Waals surface area contributed by atoms with Gasteiger partial charge in [-0.15, -0.1) is 0 Å². The van der Waals surface area contributed by atoms with Crippen LogP contribution in [0.4, 0.5) is 5.69 Å². The zero-order chi connectivity index (χ0) is 21.6. The molecule has 0 aliphatic heterocycles. The average Bonchev–Trinajstić information content (AvgIpc) is 2.68. The second-order valence-corrected chi connectivity index (χ2v) is 9.07. The lowest BCUT2D eigenvalue weighted by Crippen LogP contribution is -2.40. The summed E-state index contributed by atoms with van der Waals surface area (Å²) in [4.78, 5) is 38.1. The molecule has 3 amide bonds. The van der Waals surface area contributed by atoms with Gasteiger partial charge in [0.1, 0.15) is 0 Å². The third-order valence-corrected chi connectivity index (χ3v) is 6.06. The van der Waals surface area contributed by atoms with Crippen LogP contribution in [0.25, 0.3) is 0 Å². The Morgan fingerprint density at radius 3 is 2.14 bits per heavy atom. The number of benzene rings is 1. The van der Waals surface area contributed by atoms with E-state index in [0.29, 0.717) is 35.7 Å². The fraction of sp³-hybridized carbons (Fsp3) is 0.609. The topological polar surface area (TPSA) is 92.5 Å². The van der Waals surface area contributed by atoms with Crippen molar-refractivity contribution in [1.82, 2.24) is 4.90 Å². The van der Waals surface area contributed by atoms with Crippen molar-refractivity contribution >= 4 is 23.4 Å². The van der Waals surface area contributed by atoms with E-state index in [-0.39, 0.29) is 24.2 Å². The van der Waals surface area contributed by atoms with Gasteiger partial charge in [-0.05, 0) is 68.2 Å². The molecule has 6 heteroatoms. The van der Waals surface area contributed by atoms with E-state index in [4.69, 9.17) is 5.73 Å². The van der Waals surface area contributed by atoms with Crippen LogP contribution in [0.5, 0.6) is 0 Å². The molecule has 0 heterocycles. The molecule has 0 spiro atoms. The molecule has 1 fully saturated rings. The van der Waals surface area contributed by atoms with E-state index in [1.54, 1.807) is 29.2 Å². The highest BCUT2D eigenvalue weighted by Crippen LogP contribution is 2.40. The number of rotatable bonds is 7. The minimum absolute atomic E-state index is 0.0814. The second kappa shape index (κ2) is 9.90. The number of hydrogen-bond acceptors (Lipinski definition) is 3. The Labute approximate surface area is 174 Å². The van der Waals surface area contributed by atoms with Crippen LogP contribution < -0.4 is 11.1 Å². The lowest BCUT2D eigenvalue weighted by Gasteiger charge is -2.37. The van der Waals surface area contributed by atoms with Gasteiger partial charge in [-0.3, -0.25) is 14.4 Å². The standard InChI is InChI=1S/C23H35N3O3/c1-5-26(22(29)17-6-10-18(11-7-17)23(2,3)4)15-14-20(27)25-19-12-8-16(9-13-19)21(24)28/h8-9,12-13,17-18H,5-7,10-11,14-15H2,1-4H3,(H2,24,28)(H,25,27). The Hall–Kier alpha value is -2.37. The van der Waals surface area contributed by atoms with Crippen molar-refractivity contribution in [3.05, 3.63) is 29.8 Å². The summed E-state index contributed by atoms with van der Waals surface area (Å²) in [7, 11) is 0. The number of nitrogens with zero attached hydrogens (tertiary/aromatic N) is 1. The molecule has 1 aliphatic rings. The summed E-state index contributed by atoms with van der Waals surface area (Å²) in [6, 6.07) is 6.45. The van der Waals surface area contributed by atoms with Gasteiger partial charge in [-0.25, -0.2) is 0 Å². The molecule has 0 bridgehead atoms. The molecule has 1 saturated carbocycles. The van der Waals surface area contributed by atoms with Gasteiger partial charge in [0.2, 0.25) is 17.7 Å². The number of primary amides is 1. The maximum Gasteiger partial charge on any atom is 0.248 e. The molecule has 0 saturated heterocycles. The molecule has 6 nitrogen and oxygen atoms in total. The maximum atomic E-state index is 12.9. The van der Waals surface area contributed by atoms with E-state index >= 15 is 0 Å². The molecule has 29 heavy (non-hydrogen) atoms. The van der Waals surface area contributed by atoms with Gasteiger partial charge in [-0.2, -0.15) is 0 Å². The zero-order valence-corrected chi connectivity index (χ0v) is 18.2. The average molecular weight is 402 g/mol. The molecular formula is C23H35N3O3. The molecule has 3 N–H and O–H groups in total. The van der Waals surface area contributed by atoms with Gasteiger partial charge in [0.25, 0.3) is 0 Å². The van der Waals surface area contributed by atoms with Crippen molar-refractivity contribution in [1.29, 1.82) is 0 Å². The van der Waals surface area contributed by atoms with Crippen LogP contribution >= 0.6 is 0 Å². The number of hydrogen-bond donors (Lipinski definition) is 2. The van der Waals surface area contributed by atoms with E-state index in [1.165, 1.54) is 0 Å². The quantitative estimate of drug-likeness (QED) is 0.727. The Kier molecular flexibility index (Phi) is 7.82. The molecule has 0 unspecified atom stereocenters. The van der Waals surface area contributed by atoms with Crippen molar-refractivity contribution in [2.75, 3.05) is 18.4 Å². The van der Waals surface area contributed by atoms with Crippen LogP contribution in [0, 0.1) is 17.3 Å². The Morgan fingerprint density at radius 1 is 1.07 bits per heavy atom. The van der Waals surface area contributed by atoms with Crippen molar-refractivity contribution in [2.24, 2.45) is 23.0 Å². The Morgan fingerprint density at radius 2 is 1.66 bits per heavy atom. The summed E-state index contributed by atoms with van der Waals surface area (Å²) < 4.78 is 0. The molecule has 0 atom stereocenters. The SMILES string of the molecule is CCN(CCC(=O)Nc1ccc(C(N)=O)cc1)C(=O)C1CCC(C(C)(C)C)CC1. The summed E-state index contributed by atoms with van der Waals surface area (Å²) in [5.74, 6) is 0.279. The van der Waals surface area contributed by atoms with Crippen LogP contribution in [0.2, 0.25) is 0 Å². The first-order chi connectivity index (χ1) is 13.6. The van der Waals surface area contributed by atoms with Crippen molar-refractivity contribution in [3.63, 3.8) is 0 Å². The van der Waals surface area contributed by atoms with Crippen LogP contribution in [0.1, 0.15) is 70.2 Å². The molecule has 2 rings (SSSR count). The molecule has 1 aromatic carbocycles. The van der Waals surface area contributed by atoms with E-state index in [0.717, 1.165) is 25.7 Å². The molecular weight excluding hydrogens is 366 g/mol. The van der Waals surface area contributed by atoms with E-state index < -0.39 is 5.91 Å². The summed E-state index contributed by atoms with van der Waals surface area (Å²) >= 11 is 0. The van der Waals surface area contributed by atoms with Crippen LogP contribution in [-0.2, 0) is 9.59 Å². The summed E-state index contributed by atoms with van der Waals surface area (Å²) in [5, 5.41) is 2.80. The Balaban J connectivity index is 1.82. The first-order valence-corrected chi connectivity index (χ1v) is 10.6. The van der Waals surface area contributed by atoms with Gasteiger partial charge < -0.3 is 16.0 Å². The highest BCUT2D eigenvalue weighted by molar-refractivity contribution is 5.95. The van der Waals surface area contributed by atoms with Gasteiger partial charge in [0.05, 0.1) is 0 Å². The third-order valence-electron chi connectivity index (χ3n) is 6.06. The largest absolute Gasteiger partial charge is 0.366 e. The van der Waals surface area contributed by atoms with Crippen molar-refractivity contribution in [2.45, 2.75) is 59.8 Å². The first kappa shape index (κ1) is 22.9. The molecule has 1 aromatic rings. The number of carbonyl (C=O) groups is 3. The van der Waals surface area contributed by atoms with E-state index in [2.05, 4.69) is 26.1 Å². The fourth-order valence-electron chi connectivity index (χ4n) is 4.07. The Bertz CT molecular complexity index is 714. The first-order valence-electron chi connectivity index (χ1n) is 10.6. The molecule has 160 valence electrons. The number of anilines is 1. The van der Waals surface area contributed by atoms with Gasteiger partial charge >= 0.3 is 0 Å². The van der Waals surface area contributed by atoms with Crippen LogP contribution in [0.15, 0.2) is 24.3 Å². The maximum absolute atomic E-state index is 12.9. The minimum atomic E-state index is -0.503. The van der Waals surface area contributed by atoms with Crippen LogP contribution in [0.3, 0.4) is 0 Å². The molecule has 0 radical (unpaired) electrons. The molecule has 0 aromatic heterocycles. The van der Waals surface area contributed by atoms with E-state index in [1.807, 2.05) is 6.92 Å². The highest BCUT2D eigenvalue weighted by Gasteiger charge is 2.33. The molecule has 1 aliphatic carbocycles. The van der Waals surface area contributed by atoms with Crippen molar-refractivity contribution in [3.8, 4) is 0 Å². The van der Waals surface area contributed by atoms with Crippen LogP contribution in [-0.4, -0.2) is 35.7 Å². The van der Waals surface area contributed by atoms with Gasteiger partial charge in [-0.1, -0.05) is 20.8 Å². The monoisotopic (exact) mass is 401 g/mol. The third kappa shape index (κ3) is 6.58. The highest BCUT2D eigenvalue weighted by atomic mass is 16.2. The zero-order valence-electron chi connectivity index (χ0n) is 18.2. The van der Waals surface area contributed by atoms with Crippen molar-refractivity contribution < 1.29 is 14.4 Å². The lowest BCUT2D eigenvalue weighted by molar-refractivity contribution is -0.137. The van der Waals surface area contributed by atoms with E-state index in [9.17, 15) is 14.4 Å². The number of nitrogens with two attached hydrogens (primary N) is 1. The summed E-state index contributed by atoms with van der Waals surface area (Å²) in [6.45, 7) is 9.81. The predicted octanol–water partition coefficient (Wildman–Crippen LogP) is 3.82.